The van der Waals surface area contributed by atoms with Gasteiger partial charge in [0.05, 0.1) is 18.1 Å². The average molecular weight is 373 g/mol. The van der Waals surface area contributed by atoms with Crippen LogP contribution in [0, 0.1) is 6.92 Å². The molecule has 7 nitrogen and oxygen atoms in total. The molecular formula is C18H23N5O2S. The minimum Gasteiger partial charge on any atom is -0.378 e. The molecule has 0 atom stereocenters. The van der Waals surface area contributed by atoms with Gasteiger partial charge in [-0.25, -0.2) is 4.98 Å². The van der Waals surface area contributed by atoms with Crippen molar-refractivity contribution in [2.45, 2.75) is 6.92 Å². The van der Waals surface area contributed by atoms with Crippen molar-refractivity contribution in [2.75, 3.05) is 62.3 Å². The van der Waals surface area contributed by atoms with Crippen LogP contribution in [-0.4, -0.2) is 73.3 Å². The summed E-state index contributed by atoms with van der Waals surface area (Å²) in [6, 6.07) is 3.92. The molecule has 8 heteroatoms. The van der Waals surface area contributed by atoms with Crippen molar-refractivity contribution in [1.82, 2.24) is 14.9 Å². The van der Waals surface area contributed by atoms with Crippen molar-refractivity contribution < 1.29 is 9.53 Å². The summed E-state index contributed by atoms with van der Waals surface area (Å²) >= 11 is 1.53. The number of aromatic nitrogens is 2. The monoisotopic (exact) mass is 373 g/mol. The topological polar surface area (TPSA) is 61.8 Å². The molecule has 4 heterocycles. The Hall–Kier alpha value is -2.19. The molecule has 2 fully saturated rings. The number of carbonyl (C=O) groups excluding carboxylic acids is 1. The van der Waals surface area contributed by atoms with Gasteiger partial charge in [0.15, 0.2) is 0 Å². The summed E-state index contributed by atoms with van der Waals surface area (Å²) < 4.78 is 5.40. The predicted molar refractivity (Wildman–Crippen MR) is 102 cm³/mol. The van der Waals surface area contributed by atoms with E-state index in [2.05, 4.69) is 14.8 Å². The second-order valence-corrected chi connectivity index (χ2v) is 7.49. The number of nitrogens with zero attached hydrogens (tertiary/aromatic N) is 5. The highest BCUT2D eigenvalue weighted by Gasteiger charge is 2.24. The maximum atomic E-state index is 12.6. The molecule has 0 N–H and O–H groups in total. The molecule has 1 amide bonds. The average Bonchev–Trinajstić information content (AvgIpc) is 3.15. The molecular weight excluding hydrogens is 350 g/mol. The molecule has 2 aliphatic rings. The Labute approximate surface area is 157 Å². The van der Waals surface area contributed by atoms with Crippen LogP contribution < -0.4 is 9.80 Å². The first-order valence-electron chi connectivity index (χ1n) is 8.96. The highest BCUT2D eigenvalue weighted by Crippen LogP contribution is 2.20. The second-order valence-electron chi connectivity index (χ2n) is 6.58. The minimum atomic E-state index is 0.138. The summed E-state index contributed by atoms with van der Waals surface area (Å²) in [5.41, 5.74) is 1.15. The second kappa shape index (κ2) is 7.59. The molecule has 0 radical (unpaired) electrons. The number of ether oxygens (including phenoxy) is 1. The van der Waals surface area contributed by atoms with Crippen molar-refractivity contribution in [2.24, 2.45) is 0 Å². The summed E-state index contributed by atoms with van der Waals surface area (Å²) in [5.74, 6) is 1.83. The van der Waals surface area contributed by atoms with Gasteiger partial charge in [-0.15, -0.1) is 11.3 Å². The van der Waals surface area contributed by atoms with E-state index < -0.39 is 0 Å². The van der Waals surface area contributed by atoms with Gasteiger partial charge in [-0.05, 0) is 30.0 Å². The van der Waals surface area contributed by atoms with E-state index in [9.17, 15) is 4.79 Å². The summed E-state index contributed by atoms with van der Waals surface area (Å²) in [4.78, 5) is 28.9. The van der Waals surface area contributed by atoms with Gasteiger partial charge in [-0.1, -0.05) is 0 Å². The molecule has 2 saturated heterocycles. The van der Waals surface area contributed by atoms with Crippen molar-refractivity contribution in [3.63, 3.8) is 0 Å². The summed E-state index contributed by atoms with van der Waals surface area (Å²) in [5, 5.41) is 2.03. The van der Waals surface area contributed by atoms with Crippen LogP contribution in [0.15, 0.2) is 23.7 Å². The zero-order chi connectivity index (χ0) is 17.9. The van der Waals surface area contributed by atoms with Crippen LogP contribution in [0.25, 0.3) is 0 Å². The van der Waals surface area contributed by atoms with E-state index in [4.69, 9.17) is 9.72 Å². The van der Waals surface area contributed by atoms with Gasteiger partial charge in [-0.3, -0.25) is 4.79 Å². The number of aryl methyl sites for hydroxylation is 1. The van der Waals surface area contributed by atoms with Crippen molar-refractivity contribution >= 4 is 29.0 Å². The Balaban J connectivity index is 1.39. The van der Waals surface area contributed by atoms with E-state index in [1.165, 1.54) is 11.3 Å². The quantitative estimate of drug-likeness (QED) is 0.815. The first-order chi connectivity index (χ1) is 12.7. The first kappa shape index (κ1) is 17.2. The predicted octanol–water partition coefficient (Wildman–Crippen LogP) is 1.65. The lowest BCUT2D eigenvalue weighted by Crippen LogP contribution is -2.49. The van der Waals surface area contributed by atoms with E-state index in [1.54, 1.807) is 0 Å². The smallest absolute Gasteiger partial charge is 0.264 e. The van der Waals surface area contributed by atoms with Gasteiger partial charge in [0.25, 0.3) is 5.91 Å². The van der Waals surface area contributed by atoms with Crippen LogP contribution >= 0.6 is 11.3 Å². The Kier molecular flexibility index (Phi) is 5.03. The number of thiophene rings is 1. The van der Waals surface area contributed by atoms with Crippen LogP contribution in [0.3, 0.4) is 0 Å². The van der Waals surface area contributed by atoms with Crippen molar-refractivity contribution in [3.05, 3.63) is 34.2 Å². The third-order valence-corrected chi connectivity index (χ3v) is 5.79. The fourth-order valence-electron chi connectivity index (χ4n) is 3.27. The number of morpholine rings is 1. The van der Waals surface area contributed by atoms with E-state index in [0.717, 1.165) is 61.6 Å². The maximum absolute atomic E-state index is 12.6. The number of hydrogen-bond donors (Lipinski definition) is 0. The molecule has 0 aliphatic carbocycles. The van der Waals surface area contributed by atoms with Gasteiger partial charge in [-0.2, -0.15) is 4.98 Å². The lowest BCUT2D eigenvalue weighted by molar-refractivity contribution is 0.0751. The number of carbonyl (C=O) groups is 1. The Bertz CT molecular complexity index is 766. The SMILES string of the molecule is Cc1csc(C(=O)N2CCN(c3ccnc(N4CCOCC4)n3)CC2)c1. The third kappa shape index (κ3) is 3.66. The molecule has 0 saturated carbocycles. The zero-order valence-corrected chi connectivity index (χ0v) is 15.7. The first-order valence-corrected chi connectivity index (χ1v) is 9.84. The van der Waals surface area contributed by atoms with Gasteiger partial charge < -0.3 is 19.4 Å². The van der Waals surface area contributed by atoms with E-state index in [-0.39, 0.29) is 5.91 Å². The Morgan fingerprint density at radius 3 is 2.58 bits per heavy atom. The van der Waals surface area contributed by atoms with Gasteiger partial charge in [0.2, 0.25) is 5.95 Å². The summed E-state index contributed by atoms with van der Waals surface area (Å²) in [7, 11) is 0. The molecule has 0 aromatic carbocycles. The van der Waals surface area contributed by atoms with Gasteiger partial charge >= 0.3 is 0 Å². The lowest BCUT2D eigenvalue weighted by atomic mass is 10.2. The van der Waals surface area contributed by atoms with E-state index in [1.807, 2.05) is 35.5 Å². The molecule has 26 heavy (non-hydrogen) atoms. The van der Waals surface area contributed by atoms with Crippen LogP contribution in [0.1, 0.15) is 15.2 Å². The molecule has 0 unspecified atom stereocenters. The van der Waals surface area contributed by atoms with E-state index >= 15 is 0 Å². The zero-order valence-electron chi connectivity index (χ0n) is 14.9. The Morgan fingerprint density at radius 2 is 1.88 bits per heavy atom. The fourth-order valence-corrected chi connectivity index (χ4v) is 4.13. The normalized spacial score (nSPS) is 18.3. The van der Waals surface area contributed by atoms with Crippen LogP contribution in [-0.2, 0) is 4.74 Å². The van der Waals surface area contributed by atoms with E-state index in [0.29, 0.717) is 13.1 Å². The standard InChI is InChI=1S/C18H23N5O2S/c1-14-12-15(26-13-14)17(24)22-6-4-21(5-7-22)16-2-3-19-18(20-16)23-8-10-25-11-9-23/h2-3,12-13H,4-11H2,1H3. The summed E-state index contributed by atoms with van der Waals surface area (Å²) in [6.07, 6.45) is 1.82. The molecule has 0 spiro atoms. The number of piperazine rings is 1. The van der Waals surface area contributed by atoms with Crippen LogP contribution in [0.4, 0.5) is 11.8 Å². The largest absolute Gasteiger partial charge is 0.378 e. The highest BCUT2D eigenvalue weighted by atomic mass is 32.1. The molecule has 0 bridgehead atoms. The number of rotatable bonds is 3. The highest BCUT2D eigenvalue weighted by molar-refractivity contribution is 7.12. The number of hydrogen-bond acceptors (Lipinski definition) is 7. The molecule has 138 valence electrons. The van der Waals surface area contributed by atoms with Crippen molar-refractivity contribution in [1.29, 1.82) is 0 Å². The maximum Gasteiger partial charge on any atom is 0.264 e. The fraction of sp³-hybridized carbons (Fsp3) is 0.500. The molecule has 4 rings (SSSR count). The van der Waals surface area contributed by atoms with Gasteiger partial charge in [0.1, 0.15) is 5.82 Å². The molecule has 2 aliphatic heterocycles. The number of amides is 1. The molecule has 2 aromatic rings. The summed E-state index contributed by atoms with van der Waals surface area (Å²) in [6.45, 7) is 8.11. The third-order valence-electron chi connectivity index (χ3n) is 4.75. The van der Waals surface area contributed by atoms with Gasteiger partial charge in [0, 0.05) is 45.5 Å². The number of anilines is 2. The van der Waals surface area contributed by atoms with Crippen LogP contribution in [0.2, 0.25) is 0 Å². The van der Waals surface area contributed by atoms with Crippen LogP contribution in [0.5, 0.6) is 0 Å². The molecule has 2 aromatic heterocycles. The lowest BCUT2D eigenvalue weighted by Gasteiger charge is -2.35. The van der Waals surface area contributed by atoms with Crippen molar-refractivity contribution in [3.8, 4) is 0 Å². The minimum absolute atomic E-state index is 0.138. The Morgan fingerprint density at radius 1 is 1.12 bits per heavy atom.